The van der Waals surface area contributed by atoms with E-state index in [-0.39, 0.29) is 16.7 Å². The van der Waals surface area contributed by atoms with Gasteiger partial charge in [0.05, 0.1) is 16.9 Å². The van der Waals surface area contributed by atoms with Crippen LogP contribution in [0.3, 0.4) is 0 Å². The smallest absolute Gasteiger partial charge is 0.263 e. The molecule has 0 radical (unpaired) electrons. The Morgan fingerprint density at radius 3 is 2.61 bits per heavy atom. The first-order valence-electron chi connectivity index (χ1n) is 10.4. The highest BCUT2D eigenvalue weighted by molar-refractivity contribution is 7.12. The van der Waals surface area contributed by atoms with Gasteiger partial charge in [0.15, 0.2) is 0 Å². The molecule has 0 N–H and O–H groups in total. The average Bonchev–Trinajstić information content (AvgIpc) is 3.42. The van der Waals surface area contributed by atoms with Gasteiger partial charge in [-0.05, 0) is 37.6 Å². The van der Waals surface area contributed by atoms with Crippen LogP contribution in [0.25, 0.3) is 0 Å². The largest absolute Gasteiger partial charge is 0.383 e. The summed E-state index contributed by atoms with van der Waals surface area (Å²) in [4.78, 5) is 33.5. The Balaban J connectivity index is 1.54. The van der Waals surface area contributed by atoms with Crippen molar-refractivity contribution in [1.82, 2.24) is 14.7 Å². The summed E-state index contributed by atoms with van der Waals surface area (Å²) < 4.78 is 5.30. The van der Waals surface area contributed by atoms with Gasteiger partial charge in [-0.3, -0.25) is 14.5 Å². The molecule has 154 valence electrons. The molecule has 0 unspecified atom stereocenters. The van der Waals surface area contributed by atoms with Crippen molar-refractivity contribution in [3.8, 4) is 0 Å². The highest BCUT2D eigenvalue weighted by Gasteiger charge is 2.64. The van der Waals surface area contributed by atoms with Crippen LogP contribution in [0, 0.1) is 10.8 Å². The number of hydrogen-bond donors (Lipinski definition) is 0. The number of carbonyl (C=O) groups is 2. The van der Waals surface area contributed by atoms with Gasteiger partial charge in [-0.15, -0.1) is 11.3 Å². The van der Waals surface area contributed by atoms with E-state index in [0.717, 1.165) is 70.0 Å². The number of ether oxygens (including phenoxy) is 1. The van der Waals surface area contributed by atoms with Gasteiger partial charge < -0.3 is 14.5 Å². The number of likely N-dealkylation sites (tertiary alicyclic amines) is 3. The molecule has 28 heavy (non-hydrogen) atoms. The molecule has 0 aromatic carbocycles. The summed E-state index contributed by atoms with van der Waals surface area (Å²) in [6, 6.07) is 3.83. The van der Waals surface area contributed by atoms with Gasteiger partial charge in [0, 0.05) is 58.3 Å². The zero-order valence-electron chi connectivity index (χ0n) is 17.0. The van der Waals surface area contributed by atoms with E-state index < -0.39 is 0 Å². The van der Waals surface area contributed by atoms with Crippen LogP contribution in [0.1, 0.15) is 35.9 Å². The molecule has 3 saturated heterocycles. The lowest BCUT2D eigenvalue weighted by molar-refractivity contribution is -0.141. The van der Waals surface area contributed by atoms with Crippen molar-refractivity contribution in [2.24, 2.45) is 10.8 Å². The van der Waals surface area contributed by atoms with Crippen molar-refractivity contribution in [2.45, 2.75) is 26.2 Å². The first-order valence-corrected chi connectivity index (χ1v) is 11.3. The monoisotopic (exact) mass is 405 g/mol. The van der Waals surface area contributed by atoms with Gasteiger partial charge in [-0.25, -0.2) is 0 Å². The predicted molar refractivity (Wildman–Crippen MR) is 110 cm³/mol. The van der Waals surface area contributed by atoms with Gasteiger partial charge in [-0.2, -0.15) is 0 Å². The topological polar surface area (TPSA) is 53.1 Å². The molecule has 2 amide bonds. The molecule has 7 heteroatoms. The summed E-state index contributed by atoms with van der Waals surface area (Å²) >= 11 is 1.51. The summed E-state index contributed by atoms with van der Waals surface area (Å²) in [5.41, 5.74) is -0.303. The van der Waals surface area contributed by atoms with Crippen molar-refractivity contribution in [2.75, 3.05) is 59.5 Å². The quantitative estimate of drug-likeness (QED) is 0.753. The van der Waals surface area contributed by atoms with Crippen LogP contribution >= 0.6 is 11.3 Å². The second-order valence-electron chi connectivity index (χ2n) is 8.47. The fourth-order valence-electron chi connectivity index (χ4n) is 5.67. The van der Waals surface area contributed by atoms with Crippen molar-refractivity contribution in [1.29, 1.82) is 0 Å². The zero-order valence-corrected chi connectivity index (χ0v) is 17.8. The van der Waals surface area contributed by atoms with Crippen molar-refractivity contribution >= 4 is 23.2 Å². The first kappa shape index (κ1) is 19.9. The molecule has 0 bridgehead atoms. The van der Waals surface area contributed by atoms with Crippen LogP contribution in [-0.4, -0.2) is 86.0 Å². The first-order chi connectivity index (χ1) is 13.5. The minimum Gasteiger partial charge on any atom is -0.383 e. The number of fused-ring (bicyclic) bond motifs is 1. The van der Waals surface area contributed by atoms with Crippen LogP contribution in [0.4, 0.5) is 0 Å². The van der Waals surface area contributed by atoms with Gasteiger partial charge in [0.1, 0.15) is 0 Å². The number of nitrogens with zero attached hydrogens (tertiary/aromatic N) is 3. The van der Waals surface area contributed by atoms with Crippen molar-refractivity contribution in [3.05, 3.63) is 22.4 Å². The standard InChI is InChI=1S/C21H31N3O3S/c1-3-23-11-8-21(19(23)26)16-22(12-13-27-2)15-20(21)6-9-24(10-7-20)18(25)17-5-4-14-28-17/h4-5,14H,3,6-13,15-16H2,1-2H3/t21-/m0/s1. The Hall–Kier alpha value is -1.44. The highest BCUT2D eigenvalue weighted by atomic mass is 32.1. The molecule has 3 aliphatic rings. The third-order valence-corrected chi connectivity index (χ3v) is 8.13. The van der Waals surface area contributed by atoms with Gasteiger partial charge in [0.2, 0.25) is 5.91 Å². The number of carbonyl (C=O) groups excluding carboxylic acids is 2. The number of hydrogen-bond acceptors (Lipinski definition) is 5. The molecule has 2 spiro atoms. The number of piperidine rings is 1. The Morgan fingerprint density at radius 2 is 2.00 bits per heavy atom. The van der Waals surface area contributed by atoms with E-state index in [0.29, 0.717) is 12.5 Å². The van der Waals surface area contributed by atoms with E-state index in [4.69, 9.17) is 4.74 Å². The molecule has 4 rings (SSSR count). The average molecular weight is 406 g/mol. The van der Waals surface area contributed by atoms with E-state index in [1.165, 1.54) is 11.3 Å². The maximum Gasteiger partial charge on any atom is 0.263 e. The third-order valence-electron chi connectivity index (χ3n) is 7.27. The van der Waals surface area contributed by atoms with Crippen LogP contribution < -0.4 is 0 Å². The lowest BCUT2D eigenvalue weighted by atomic mass is 9.60. The second kappa shape index (κ2) is 7.76. The third kappa shape index (κ3) is 3.08. The maximum atomic E-state index is 13.4. The Bertz CT molecular complexity index is 714. The second-order valence-corrected chi connectivity index (χ2v) is 9.42. The normalized spacial score (nSPS) is 27.4. The van der Waals surface area contributed by atoms with E-state index in [1.807, 2.05) is 27.3 Å². The molecule has 0 aliphatic carbocycles. The van der Waals surface area contributed by atoms with Crippen LogP contribution in [0.5, 0.6) is 0 Å². The predicted octanol–water partition coefficient (Wildman–Crippen LogP) is 2.17. The SMILES string of the molecule is CCN1CC[C@]2(CN(CCOC)CC23CCN(C(=O)c2cccs2)CC3)C1=O. The summed E-state index contributed by atoms with van der Waals surface area (Å²) in [7, 11) is 1.73. The van der Waals surface area contributed by atoms with E-state index >= 15 is 0 Å². The number of rotatable bonds is 5. The molecule has 1 atom stereocenters. The Kier molecular flexibility index (Phi) is 5.51. The molecule has 3 fully saturated rings. The van der Waals surface area contributed by atoms with E-state index in [9.17, 15) is 9.59 Å². The van der Waals surface area contributed by atoms with Crippen LogP contribution in [-0.2, 0) is 9.53 Å². The summed E-state index contributed by atoms with van der Waals surface area (Å²) in [6.07, 6.45) is 2.77. The Morgan fingerprint density at radius 1 is 1.21 bits per heavy atom. The summed E-state index contributed by atoms with van der Waals surface area (Å²) in [6.45, 7) is 8.57. The maximum absolute atomic E-state index is 13.4. The summed E-state index contributed by atoms with van der Waals surface area (Å²) in [5.74, 6) is 0.481. The molecule has 3 aliphatic heterocycles. The fraction of sp³-hybridized carbons (Fsp3) is 0.714. The minimum atomic E-state index is -0.283. The lowest BCUT2D eigenvalue weighted by Crippen LogP contribution is -2.53. The minimum absolute atomic E-state index is 0.0199. The summed E-state index contributed by atoms with van der Waals surface area (Å²) in [5, 5.41) is 1.95. The fourth-order valence-corrected chi connectivity index (χ4v) is 6.36. The molecule has 6 nitrogen and oxygen atoms in total. The lowest BCUT2D eigenvalue weighted by Gasteiger charge is -2.47. The molecule has 1 aromatic heterocycles. The van der Waals surface area contributed by atoms with Crippen molar-refractivity contribution < 1.29 is 14.3 Å². The highest BCUT2D eigenvalue weighted by Crippen LogP contribution is 2.57. The Labute approximate surface area is 171 Å². The van der Waals surface area contributed by atoms with E-state index in [1.54, 1.807) is 7.11 Å². The van der Waals surface area contributed by atoms with Crippen LogP contribution in [0.2, 0.25) is 0 Å². The zero-order chi connectivity index (χ0) is 19.8. The molecular weight excluding hydrogens is 374 g/mol. The van der Waals surface area contributed by atoms with Crippen molar-refractivity contribution in [3.63, 3.8) is 0 Å². The van der Waals surface area contributed by atoms with Crippen LogP contribution in [0.15, 0.2) is 17.5 Å². The molecular formula is C21H31N3O3S. The molecule has 4 heterocycles. The number of methoxy groups -OCH3 is 1. The molecule has 1 aromatic rings. The molecule has 0 saturated carbocycles. The van der Waals surface area contributed by atoms with Gasteiger partial charge >= 0.3 is 0 Å². The number of thiophene rings is 1. The van der Waals surface area contributed by atoms with E-state index in [2.05, 4.69) is 11.8 Å². The number of amides is 2. The van der Waals surface area contributed by atoms with Gasteiger partial charge in [-0.1, -0.05) is 6.07 Å². The van der Waals surface area contributed by atoms with Gasteiger partial charge in [0.25, 0.3) is 5.91 Å².